The summed E-state index contributed by atoms with van der Waals surface area (Å²) in [7, 11) is 3.91. The Labute approximate surface area is 108 Å². The van der Waals surface area contributed by atoms with Crippen LogP contribution in [-0.2, 0) is 0 Å². The Bertz CT molecular complexity index is 480. The van der Waals surface area contributed by atoms with Crippen molar-refractivity contribution in [2.45, 2.75) is 6.17 Å². The number of para-hydroxylation sites is 1. The summed E-state index contributed by atoms with van der Waals surface area (Å²) in [6.07, 6.45) is -0.0872. The Morgan fingerprint density at radius 3 is 2.00 bits per heavy atom. The van der Waals surface area contributed by atoms with Crippen molar-refractivity contribution in [3.8, 4) is 11.5 Å². The molecule has 2 N–H and O–H groups in total. The quantitative estimate of drug-likeness (QED) is 0.838. The molecule has 0 aliphatic carbocycles. The maximum absolute atomic E-state index is 6.03. The molecule has 0 bridgehead atoms. The second-order valence-electron chi connectivity index (χ2n) is 4.39. The molecule has 2 aromatic carbocycles. The Morgan fingerprint density at radius 2 is 1.44 bits per heavy atom. The molecule has 2 aromatic rings. The highest BCUT2D eigenvalue weighted by Gasteiger charge is 2.07. The van der Waals surface area contributed by atoms with Crippen molar-refractivity contribution in [1.29, 1.82) is 0 Å². The fraction of sp³-hybridized carbons (Fsp3) is 0.200. The molecule has 0 aromatic heterocycles. The van der Waals surface area contributed by atoms with Gasteiger partial charge in [0.1, 0.15) is 11.5 Å². The maximum atomic E-state index is 6.03. The SMILES string of the molecule is CN(C)C(N)c1ccc(Oc2ccccc2)cc1. The van der Waals surface area contributed by atoms with Gasteiger partial charge in [-0.2, -0.15) is 0 Å². The second-order valence-corrected chi connectivity index (χ2v) is 4.39. The van der Waals surface area contributed by atoms with Crippen molar-refractivity contribution in [3.05, 3.63) is 60.2 Å². The van der Waals surface area contributed by atoms with Crippen LogP contribution in [0.15, 0.2) is 54.6 Å². The smallest absolute Gasteiger partial charge is 0.127 e. The van der Waals surface area contributed by atoms with Crippen molar-refractivity contribution < 1.29 is 4.74 Å². The van der Waals surface area contributed by atoms with Crippen molar-refractivity contribution in [2.24, 2.45) is 5.73 Å². The summed E-state index contributed by atoms with van der Waals surface area (Å²) < 4.78 is 5.72. The van der Waals surface area contributed by atoms with E-state index in [0.717, 1.165) is 17.1 Å². The number of hydrogen-bond donors (Lipinski definition) is 1. The molecule has 94 valence electrons. The van der Waals surface area contributed by atoms with Crippen LogP contribution in [-0.4, -0.2) is 19.0 Å². The minimum Gasteiger partial charge on any atom is -0.457 e. The molecule has 0 spiro atoms. The molecule has 1 atom stereocenters. The van der Waals surface area contributed by atoms with Crippen LogP contribution >= 0.6 is 0 Å². The van der Waals surface area contributed by atoms with Gasteiger partial charge in [-0.15, -0.1) is 0 Å². The molecule has 2 rings (SSSR count). The summed E-state index contributed by atoms with van der Waals surface area (Å²) in [5, 5.41) is 0. The maximum Gasteiger partial charge on any atom is 0.127 e. The third kappa shape index (κ3) is 3.09. The normalized spacial score (nSPS) is 12.4. The van der Waals surface area contributed by atoms with Crippen LogP contribution in [0, 0.1) is 0 Å². The van der Waals surface area contributed by atoms with E-state index < -0.39 is 0 Å². The lowest BCUT2D eigenvalue weighted by atomic mass is 10.1. The first-order valence-electron chi connectivity index (χ1n) is 5.91. The van der Waals surface area contributed by atoms with Gasteiger partial charge in [-0.25, -0.2) is 0 Å². The molecular formula is C15H18N2O. The average Bonchev–Trinajstić information content (AvgIpc) is 2.40. The number of nitrogens with zero attached hydrogens (tertiary/aromatic N) is 1. The standard InChI is InChI=1S/C15H18N2O/c1-17(2)15(16)12-8-10-14(11-9-12)18-13-6-4-3-5-7-13/h3-11,15H,16H2,1-2H3. The summed E-state index contributed by atoms with van der Waals surface area (Å²) in [5.41, 5.74) is 7.10. The van der Waals surface area contributed by atoms with Gasteiger partial charge in [0.15, 0.2) is 0 Å². The Morgan fingerprint density at radius 1 is 0.889 bits per heavy atom. The van der Waals surface area contributed by atoms with Gasteiger partial charge < -0.3 is 10.5 Å². The Balaban J connectivity index is 2.09. The zero-order valence-electron chi connectivity index (χ0n) is 10.7. The van der Waals surface area contributed by atoms with Crippen LogP contribution in [0.1, 0.15) is 11.7 Å². The molecule has 0 aliphatic heterocycles. The first-order valence-corrected chi connectivity index (χ1v) is 5.91. The van der Waals surface area contributed by atoms with E-state index >= 15 is 0 Å². The van der Waals surface area contributed by atoms with Crippen molar-refractivity contribution in [3.63, 3.8) is 0 Å². The Hall–Kier alpha value is -1.84. The lowest BCUT2D eigenvalue weighted by molar-refractivity contribution is 0.307. The van der Waals surface area contributed by atoms with Gasteiger partial charge in [0.25, 0.3) is 0 Å². The van der Waals surface area contributed by atoms with Crippen LogP contribution in [0.25, 0.3) is 0 Å². The third-order valence-electron chi connectivity index (χ3n) is 2.76. The molecule has 0 heterocycles. The van der Waals surface area contributed by atoms with E-state index in [-0.39, 0.29) is 6.17 Å². The highest BCUT2D eigenvalue weighted by Crippen LogP contribution is 2.22. The number of benzene rings is 2. The zero-order valence-corrected chi connectivity index (χ0v) is 10.7. The molecular weight excluding hydrogens is 224 g/mol. The van der Waals surface area contributed by atoms with E-state index in [9.17, 15) is 0 Å². The largest absolute Gasteiger partial charge is 0.457 e. The van der Waals surface area contributed by atoms with Gasteiger partial charge in [0, 0.05) is 0 Å². The predicted octanol–water partition coefficient (Wildman–Crippen LogP) is 3.00. The van der Waals surface area contributed by atoms with Crippen LogP contribution < -0.4 is 10.5 Å². The van der Waals surface area contributed by atoms with E-state index in [1.54, 1.807) is 0 Å². The van der Waals surface area contributed by atoms with Gasteiger partial charge in [0.2, 0.25) is 0 Å². The minimum atomic E-state index is -0.0872. The van der Waals surface area contributed by atoms with E-state index in [0.29, 0.717) is 0 Å². The molecule has 18 heavy (non-hydrogen) atoms. The van der Waals surface area contributed by atoms with Gasteiger partial charge in [-0.3, -0.25) is 4.90 Å². The zero-order chi connectivity index (χ0) is 13.0. The predicted molar refractivity (Wildman–Crippen MR) is 73.6 cm³/mol. The van der Waals surface area contributed by atoms with Crippen molar-refractivity contribution >= 4 is 0 Å². The third-order valence-corrected chi connectivity index (χ3v) is 2.76. The van der Waals surface area contributed by atoms with E-state index in [1.807, 2.05) is 73.6 Å². The fourth-order valence-corrected chi connectivity index (χ4v) is 1.66. The highest BCUT2D eigenvalue weighted by atomic mass is 16.5. The molecule has 0 saturated heterocycles. The molecule has 3 heteroatoms. The van der Waals surface area contributed by atoms with Crippen LogP contribution in [0.3, 0.4) is 0 Å². The first-order chi connectivity index (χ1) is 8.66. The molecule has 0 saturated carbocycles. The van der Waals surface area contributed by atoms with E-state index in [1.165, 1.54) is 0 Å². The summed E-state index contributed by atoms with van der Waals surface area (Å²) >= 11 is 0. The van der Waals surface area contributed by atoms with Crippen LogP contribution in [0.5, 0.6) is 11.5 Å². The fourth-order valence-electron chi connectivity index (χ4n) is 1.66. The molecule has 3 nitrogen and oxygen atoms in total. The number of hydrogen-bond acceptors (Lipinski definition) is 3. The molecule has 0 amide bonds. The summed E-state index contributed by atoms with van der Waals surface area (Å²) in [4.78, 5) is 1.97. The minimum absolute atomic E-state index is 0.0872. The summed E-state index contributed by atoms with van der Waals surface area (Å²) in [5.74, 6) is 1.65. The lowest BCUT2D eigenvalue weighted by Gasteiger charge is -2.20. The topological polar surface area (TPSA) is 38.5 Å². The van der Waals surface area contributed by atoms with Gasteiger partial charge in [-0.1, -0.05) is 30.3 Å². The second kappa shape index (κ2) is 5.67. The number of rotatable bonds is 4. The van der Waals surface area contributed by atoms with Gasteiger partial charge in [-0.05, 0) is 43.9 Å². The monoisotopic (exact) mass is 242 g/mol. The van der Waals surface area contributed by atoms with Crippen molar-refractivity contribution in [2.75, 3.05) is 14.1 Å². The molecule has 0 aliphatic rings. The molecule has 1 unspecified atom stereocenters. The van der Waals surface area contributed by atoms with E-state index in [2.05, 4.69) is 0 Å². The lowest BCUT2D eigenvalue weighted by Crippen LogP contribution is -2.27. The summed E-state index contributed by atoms with van der Waals surface area (Å²) in [6.45, 7) is 0. The van der Waals surface area contributed by atoms with Crippen LogP contribution in [0.4, 0.5) is 0 Å². The highest BCUT2D eigenvalue weighted by molar-refractivity contribution is 5.33. The average molecular weight is 242 g/mol. The van der Waals surface area contributed by atoms with E-state index in [4.69, 9.17) is 10.5 Å². The van der Waals surface area contributed by atoms with Gasteiger partial charge in [0.05, 0.1) is 6.17 Å². The Kier molecular flexibility index (Phi) is 3.97. The first kappa shape index (κ1) is 12.6. The number of nitrogens with two attached hydrogens (primary N) is 1. The summed E-state index contributed by atoms with van der Waals surface area (Å²) in [6, 6.07) is 17.6. The molecule has 0 fully saturated rings. The van der Waals surface area contributed by atoms with Crippen molar-refractivity contribution in [1.82, 2.24) is 4.90 Å². The van der Waals surface area contributed by atoms with Crippen LogP contribution in [0.2, 0.25) is 0 Å². The van der Waals surface area contributed by atoms with Gasteiger partial charge >= 0.3 is 0 Å². The number of ether oxygens (including phenoxy) is 1. The molecule has 0 radical (unpaired) electrons.